The predicted molar refractivity (Wildman–Crippen MR) is 136 cm³/mol. The van der Waals surface area contributed by atoms with Gasteiger partial charge in [0.1, 0.15) is 17.8 Å². The number of carbonyl (C=O) groups excluding carboxylic acids is 3. The highest BCUT2D eigenvalue weighted by molar-refractivity contribution is 6.10. The molecule has 0 aliphatic carbocycles. The van der Waals surface area contributed by atoms with Gasteiger partial charge in [-0.3, -0.25) is 24.0 Å². The quantitative estimate of drug-likeness (QED) is 0.426. The summed E-state index contributed by atoms with van der Waals surface area (Å²) in [6, 6.07) is 21.6. The first kappa shape index (κ1) is 23.1. The third-order valence-corrected chi connectivity index (χ3v) is 6.72. The molecule has 9 heteroatoms. The van der Waals surface area contributed by atoms with E-state index < -0.39 is 35.5 Å². The SMILES string of the molecule is Cc1c(NC(=O)CN2C(=O)NC(C)(c3ccc4ccccc4c3)C2=O)c(=O)n(-c2ccccc2)n1C. The smallest absolute Gasteiger partial charge is 0.319 e. The molecule has 3 aromatic carbocycles. The van der Waals surface area contributed by atoms with Crippen LogP contribution in [0.4, 0.5) is 10.5 Å². The zero-order valence-electron chi connectivity index (χ0n) is 20.1. The largest absolute Gasteiger partial charge is 0.325 e. The molecule has 1 aliphatic heterocycles. The highest BCUT2D eigenvalue weighted by atomic mass is 16.2. The number of para-hydroxylation sites is 1. The van der Waals surface area contributed by atoms with E-state index in [2.05, 4.69) is 10.6 Å². The number of aromatic nitrogens is 2. The molecule has 1 atom stereocenters. The van der Waals surface area contributed by atoms with E-state index >= 15 is 0 Å². The summed E-state index contributed by atoms with van der Waals surface area (Å²) < 4.78 is 3.08. The molecular formula is C27H25N5O4. The van der Waals surface area contributed by atoms with Gasteiger partial charge in [-0.15, -0.1) is 0 Å². The number of hydrogen-bond donors (Lipinski definition) is 2. The van der Waals surface area contributed by atoms with Gasteiger partial charge in [0.2, 0.25) is 5.91 Å². The predicted octanol–water partition coefficient (Wildman–Crippen LogP) is 3.04. The van der Waals surface area contributed by atoms with E-state index in [1.165, 1.54) is 4.68 Å². The second kappa shape index (κ2) is 8.53. The van der Waals surface area contributed by atoms with Gasteiger partial charge >= 0.3 is 6.03 Å². The molecule has 9 nitrogen and oxygen atoms in total. The van der Waals surface area contributed by atoms with E-state index in [1.807, 2.05) is 54.6 Å². The number of hydrogen-bond acceptors (Lipinski definition) is 4. The van der Waals surface area contributed by atoms with Gasteiger partial charge in [-0.25, -0.2) is 9.48 Å². The number of rotatable bonds is 5. The van der Waals surface area contributed by atoms with Gasteiger partial charge in [0.15, 0.2) is 0 Å². The fourth-order valence-corrected chi connectivity index (χ4v) is 4.57. The minimum atomic E-state index is -1.32. The molecule has 2 heterocycles. The van der Waals surface area contributed by atoms with Gasteiger partial charge in [-0.2, -0.15) is 0 Å². The molecule has 1 aromatic heterocycles. The van der Waals surface area contributed by atoms with E-state index in [0.717, 1.165) is 15.7 Å². The molecule has 182 valence electrons. The first-order valence-electron chi connectivity index (χ1n) is 11.5. The van der Waals surface area contributed by atoms with Crippen LogP contribution < -0.4 is 16.2 Å². The van der Waals surface area contributed by atoms with E-state index in [4.69, 9.17) is 0 Å². The summed E-state index contributed by atoms with van der Waals surface area (Å²) in [6.45, 7) is 2.81. The number of anilines is 1. The first-order chi connectivity index (χ1) is 17.2. The van der Waals surface area contributed by atoms with Crippen LogP contribution >= 0.6 is 0 Å². The standard InChI is InChI=1S/C27H25N5O4/c1-17-23(24(34)32(30(17)3)21-11-5-4-6-12-21)28-22(33)16-31-25(35)27(2,29-26(31)36)20-14-13-18-9-7-8-10-19(18)15-20/h4-15H,16H2,1-3H3,(H,28,33)(H,29,36). The summed E-state index contributed by atoms with van der Waals surface area (Å²) in [4.78, 5) is 52.9. The zero-order valence-corrected chi connectivity index (χ0v) is 20.1. The van der Waals surface area contributed by atoms with Crippen molar-refractivity contribution in [3.05, 3.63) is 94.4 Å². The number of imide groups is 1. The van der Waals surface area contributed by atoms with E-state index in [9.17, 15) is 19.2 Å². The van der Waals surface area contributed by atoms with Crippen LogP contribution in [0.15, 0.2) is 77.6 Å². The maximum Gasteiger partial charge on any atom is 0.325 e. The van der Waals surface area contributed by atoms with E-state index in [0.29, 0.717) is 16.9 Å². The number of benzene rings is 3. The van der Waals surface area contributed by atoms with Crippen LogP contribution in [-0.4, -0.2) is 38.7 Å². The molecule has 0 radical (unpaired) electrons. The fourth-order valence-electron chi connectivity index (χ4n) is 4.57. The first-order valence-corrected chi connectivity index (χ1v) is 11.5. The molecule has 1 unspecified atom stereocenters. The van der Waals surface area contributed by atoms with Crippen molar-refractivity contribution in [2.24, 2.45) is 7.05 Å². The fraction of sp³-hybridized carbons (Fsp3) is 0.185. The third-order valence-electron chi connectivity index (χ3n) is 6.72. The molecule has 4 aromatic rings. The van der Waals surface area contributed by atoms with Gasteiger partial charge in [0, 0.05) is 7.05 Å². The molecule has 1 saturated heterocycles. The van der Waals surface area contributed by atoms with Gasteiger partial charge in [0.25, 0.3) is 11.5 Å². The Morgan fingerprint density at radius 1 is 0.944 bits per heavy atom. The lowest BCUT2D eigenvalue weighted by atomic mass is 9.90. The van der Waals surface area contributed by atoms with Crippen molar-refractivity contribution in [2.75, 3.05) is 11.9 Å². The molecule has 5 rings (SSSR count). The van der Waals surface area contributed by atoms with Crippen LogP contribution in [0.25, 0.3) is 16.5 Å². The number of fused-ring (bicyclic) bond motifs is 1. The maximum atomic E-state index is 13.3. The lowest BCUT2D eigenvalue weighted by Gasteiger charge is -2.22. The number of carbonyl (C=O) groups is 3. The van der Waals surface area contributed by atoms with Crippen molar-refractivity contribution < 1.29 is 14.4 Å². The Hall–Kier alpha value is -4.66. The minimum absolute atomic E-state index is 0.0932. The molecule has 0 saturated carbocycles. The maximum absolute atomic E-state index is 13.3. The van der Waals surface area contributed by atoms with Gasteiger partial charge in [0.05, 0.1) is 11.4 Å². The highest BCUT2D eigenvalue weighted by Gasteiger charge is 2.49. The second-order valence-electron chi connectivity index (χ2n) is 8.99. The summed E-state index contributed by atoms with van der Waals surface area (Å²) in [7, 11) is 1.71. The molecule has 2 N–H and O–H groups in total. The molecular weight excluding hydrogens is 458 g/mol. The Balaban J connectivity index is 1.38. The lowest BCUT2D eigenvalue weighted by molar-refractivity contribution is -0.133. The van der Waals surface area contributed by atoms with Crippen molar-refractivity contribution in [2.45, 2.75) is 19.4 Å². The Morgan fingerprint density at radius 3 is 2.33 bits per heavy atom. The Morgan fingerprint density at radius 2 is 1.61 bits per heavy atom. The minimum Gasteiger partial charge on any atom is -0.319 e. The normalized spacial score (nSPS) is 17.5. The van der Waals surface area contributed by atoms with Gasteiger partial charge in [-0.1, -0.05) is 54.6 Å². The summed E-state index contributed by atoms with van der Waals surface area (Å²) in [5, 5.41) is 7.27. The molecule has 0 spiro atoms. The van der Waals surface area contributed by atoms with E-state index in [-0.39, 0.29) is 5.69 Å². The number of nitrogens with one attached hydrogen (secondary N) is 2. The van der Waals surface area contributed by atoms with Crippen molar-refractivity contribution in [1.82, 2.24) is 19.6 Å². The molecule has 36 heavy (non-hydrogen) atoms. The van der Waals surface area contributed by atoms with Crippen LogP contribution in [0.5, 0.6) is 0 Å². The van der Waals surface area contributed by atoms with Crippen LogP contribution in [0.1, 0.15) is 18.2 Å². The van der Waals surface area contributed by atoms with Crippen LogP contribution in [0, 0.1) is 6.92 Å². The van der Waals surface area contributed by atoms with Gasteiger partial charge < -0.3 is 10.6 Å². The second-order valence-corrected chi connectivity index (χ2v) is 8.99. The average Bonchev–Trinajstić information content (AvgIpc) is 3.23. The van der Waals surface area contributed by atoms with Crippen molar-refractivity contribution in [3.8, 4) is 5.69 Å². The summed E-state index contributed by atoms with van der Waals surface area (Å²) in [5.41, 5.74) is 0.171. The van der Waals surface area contributed by atoms with Crippen molar-refractivity contribution in [3.63, 3.8) is 0 Å². The average molecular weight is 484 g/mol. The lowest BCUT2D eigenvalue weighted by Crippen LogP contribution is -2.42. The number of urea groups is 1. The Labute approximate surface area is 206 Å². The molecule has 4 amide bonds. The zero-order chi connectivity index (χ0) is 25.6. The summed E-state index contributed by atoms with van der Waals surface area (Å²) >= 11 is 0. The van der Waals surface area contributed by atoms with E-state index in [1.54, 1.807) is 43.8 Å². The molecule has 0 bridgehead atoms. The summed E-state index contributed by atoms with van der Waals surface area (Å²) in [5.74, 6) is -1.18. The molecule has 1 fully saturated rings. The monoisotopic (exact) mass is 483 g/mol. The Kier molecular flexibility index (Phi) is 5.47. The van der Waals surface area contributed by atoms with Gasteiger partial charge in [-0.05, 0) is 48.4 Å². The number of amides is 4. The highest BCUT2D eigenvalue weighted by Crippen LogP contribution is 2.31. The third kappa shape index (κ3) is 3.65. The van der Waals surface area contributed by atoms with Crippen LogP contribution in [0.2, 0.25) is 0 Å². The van der Waals surface area contributed by atoms with Crippen molar-refractivity contribution in [1.29, 1.82) is 0 Å². The van der Waals surface area contributed by atoms with Crippen molar-refractivity contribution >= 4 is 34.3 Å². The Bertz CT molecular complexity index is 1590. The van der Waals surface area contributed by atoms with Crippen LogP contribution in [-0.2, 0) is 22.2 Å². The topological polar surface area (TPSA) is 105 Å². The van der Waals surface area contributed by atoms with Crippen LogP contribution in [0.3, 0.4) is 0 Å². The summed E-state index contributed by atoms with van der Waals surface area (Å²) in [6.07, 6.45) is 0. The number of nitrogens with zero attached hydrogens (tertiary/aromatic N) is 3. The molecule has 1 aliphatic rings.